The maximum atomic E-state index is 14.1. The molecule has 3 nitrogen and oxygen atoms in total. The van der Waals surface area contributed by atoms with Crippen molar-refractivity contribution < 1.29 is 8.78 Å². The Bertz CT molecular complexity index is 508. The Hall–Kier alpha value is -1.04. The second-order valence-electron chi connectivity index (χ2n) is 6.25. The fourth-order valence-corrected chi connectivity index (χ4v) is 3.86. The molecule has 0 spiro atoms. The molecule has 2 heterocycles. The molecule has 1 aromatic carbocycles. The Balaban J connectivity index is 1.83. The number of hydrogen-bond donors (Lipinski definition) is 1. The van der Waals surface area contributed by atoms with E-state index >= 15 is 0 Å². The van der Waals surface area contributed by atoms with Gasteiger partial charge in [0.1, 0.15) is 11.6 Å². The normalized spacial score (nSPS) is 28.6. The van der Waals surface area contributed by atoms with Crippen LogP contribution >= 0.6 is 0 Å². The Labute approximate surface area is 124 Å². The minimum atomic E-state index is -0.540. The Kier molecular flexibility index (Phi) is 4.24. The van der Waals surface area contributed by atoms with Crippen LogP contribution in [0.2, 0.25) is 0 Å². The Morgan fingerprint density at radius 3 is 2.71 bits per heavy atom. The van der Waals surface area contributed by atoms with Gasteiger partial charge in [-0.3, -0.25) is 9.80 Å². The topological polar surface area (TPSA) is 32.5 Å². The molecule has 0 saturated carbocycles. The molecule has 3 unspecified atom stereocenters. The zero-order valence-corrected chi connectivity index (χ0v) is 12.4. The molecule has 2 fully saturated rings. The molecule has 0 amide bonds. The summed E-state index contributed by atoms with van der Waals surface area (Å²) in [6.07, 6.45) is 3.54. The number of likely N-dealkylation sites (tertiary alicyclic amines) is 1. The highest BCUT2D eigenvalue weighted by Gasteiger charge is 2.37. The van der Waals surface area contributed by atoms with Crippen molar-refractivity contribution >= 4 is 0 Å². The van der Waals surface area contributed by atoms with Gasteiger partial charge in [0.25, 0.3) is 0 Å². The molecule has 3 atom stereocenters. The highest BCUT2D eigenvalue weighted by atomic mass is 19.1. The lowest BCUT2D eigenvalue weighted by atomic mass is 10.0. The summed E-state index contributed by atoms with van der Waals surface area (Å²) in [4.78, 5) is 4.73. The monoisotopic (exact) mass is 295 g/mol. The van der Waals surface area contributed by atoms with Crippen LogP contribution in [0.25, 0.3) is 0 Å². The SMILES string of the molecule is CN1C2CCC1CN(C(CN)c1ccc(F)cc1F)CC2. The van der Waals surface area contributed by atoms with E-state index < -0.39 is 11.6 Å². The van der Waals surface area contributed by atoms with Gasteiger partial charge >= 0.3 is 0 Å². The summed E-state index contributed by atoms with van der Waals surface area (Å²) in [5.41, 5.74) is 6.42. The number of likely N-dealkylation sites (N-methyl/N-ethyl adjacent to an activating group) is 1. The largest absolute Gasteiger partial charge is 0.329 e. The lowest BCUT2D eigenvalue weighted by molar-refractivity contribution is 0.172. The van der Waals surface area contributed by atoms with Crippen LogP contribution in [0.1, 0.15) is 30.9 Å². The molecule has 2 bridgehead atoms. The number of nitrogens with zero attached hydrogens (tertiary/aromatic N) is 2. The van der Waals surface area contributed by atoms with Crippen molar-refractivity contribution in [1.29, 1.82) is 0 Å². The first-order chi connectivity index (χ1) is 10.1. The molecular weight excluding hydrogens is 272 g/mol. The number of hydrogen-bond acceptors (Lipinski definition) is 3. The summed E-state index contributed by atoms with van der Waals surface area (Å²) in [5.74, 6) is -1.03. The van der Waals surface area contributed by atoms with Crippen molar-refractivity contribution in [3.8, 4) is 0 Å². The molecule has 0 aromatic heterocycles. The number of benzene rings is 1. The standard InChI is InChI=1S/C16H23F2N3/c1-20-12-3-4-13(20)10-21(7-6-12)16(9-19)14-5-2-11(17)8-15(14)18/h2,5,8,12-13,16H,3-4,6-7,9-10,19H2,1H3. The van der Waals surface area contributed by atoms with Gasteiger partial charge in [-0.1, -0.05) is 6.07 Å². The van der Waals surface area contributed by atoms with E-state index in [-0.39, 0.29) is 6.04 Å². The molecule has 0 radical (unpaired) electrons. The molecule has 2 aliphatic heterocycles. The van der Waals surface area contributed by atoms with E-state index in [2.05, 4.69) is 16.8 Å². The van der Waals surface area contributed by atoms with Gasteiger partial charge in [0.15, 0.2) is 0 Å². The first-order valence-electron chi connectivity index (χ1n) is 7.71. The number of halogens is 2. The molecule has 2 aliphatic rings. The lowest BCUT2D eigenvalue weighted by Gasteiger charge is -2.33. The Morgan fingerprint density at radius 2 is 2.00 bits per heavy atom. The van der Waals surface area contributed by atoms with E-state index in [0.717, 1.165) is 25.6 Å². The van der Waals surface area contributed by atoms with E-state index in [1.54, 1.807) is 0 Å². The van der Waals surface area contributed by atoms with Gasteiger partial charge in [0.2, 0.25) is 0 Å². The molecule has 2 saturated heterocycles. The fourth-order valence-electron chi connectivity index (χ4n) is 3.86. The summed E-state index contributed by atoms with van der Waals surface area (Å²) in [6.45, 7) is 2.18. The van der Waals surface area contributed by atoms with Gasteiger partial charge in [-0.2, -0.15) is 0 Å². The van der Waals surface area contributed by atoms with Crippen LogP contribution < -0.4 is 5.73 Å². The minimum Gasteiger partial charge on any atom is -0.329 e. The fraction of sp³-hybridized carbons (Fsp3) is 0.625. The number of fused-ring (bicyclic) bond motifs is 2. The van der Waals surface area contributed by atoms with Crippen LogP contribution in [0.4, 0.5) is 8.78 Å². The second-order valence-corrected chi connectivity index (χ2v) is 6.25. The zero-order valence-electron chi connectivity index (χ0n) is 12.4. The summed E-state index contributed by atoms with van der Waals surface area (Å²) >= 11 is 0. The van der Waals surface area contributed by atoms with Crippen molar-refractivity contribution in [2.75, 3.05) is 26.7 Å². The highest BCUT2D eigenvalue weighted by Crippen LogP contribution is 2.32. The maximum absolute atomic E-state index is 14.1. The van der Waals surface area contributed by atoms with E-state index in [9.17, 15) is 8.78 Å². The average molecular weight is 295 g/mol. The first-order valence-corrected chi connectivity index (χ1v) is 7.71. The third-order valence-corrected chi connectivity index (χ3v) is 5.17. The van der Waals surface area contributed by atoms with Gasteiger partial charge in [-0.15, -0.1) is 0 Å². The Morgan fingerprint density at radius 1 is 1.24 bits per heavy atom. The summed E-state index contributed by atoms with van der Waals surface area (Å²) in [5, 5.41) is 0. The van der Waals surface area contributed by atoms with Crippen molar-refractivity contribution in [3.05, 3.63) is 35.4 Å². The zero-order chi connectivity index (χ0) is 15.0. The van der Waals surface area contributed by atoms with E-state index in [1.165, 1.54) is 25.0 Å². The van der Waals surface area contributed by atoms with Crippen molar-refractivity contribution in [1.82, 2.24) is 9.80 Å². The summed E-state index contributed by atoms with van der Waals surface area (Å²) in [6, 6.07) is 4.80. The molecule has 3 rings (SSSR count). The van der Waals surface area contributed by atoms with Crippen LogP contribution in [0.5, 0.6) is 0 Å². The molecule has 2 N–H and O–H groups in total. The van der Waals surface area contributed by atoms with Gasteiger partial charge < -0.3 is 5.73 Å². The van der Waals surface area contributed by atoms with Crippen LogP contribution in [0.15, 0.2) is 18.2 Å². The maximum Gasteiger partial charge on any atom is 0.130 e. The number of nitrogens with two attached hydrogens (primary N) is 1. The van der Waals surface area contributed by atoms with Crippen molar-refractivity contribution in [3.63, 3.8) is 0 Å². The third-order valence-electron chi connectivity index (χ3n) is 5.17. The molecular formula is C16H23F2N3. The van der Waals surface area contributed by atoms with Gasteiger partial charge in [0, 0.05) is 49.4 Å². The predicted molar refractivity (Wildman–Crippen MR) is 78.9 cm³/mol. The van der Waals surface area contributed by atoms with E-state index in [0.29, 0.717) is 24.2 Å². The summed E-state index contributed by atoms with van der Waals surface area (Å²) in [7, 11) is 2.18. The van der Waals surface area contributed by atoms with Gasteiger partial charge in [-0.05, 0) is 32.4 Å². The molecule has 116 valence electrons. The van der Waals surface area contributed by atoms with Gasteiger partial charge in [0.05, 0.1) is 0 Å². The third kappa shape index (κ3) is 2.82. The summed E-state index contributed by atoms with van der Waals surface area (Å²) < 4.78 is 27.2. The van der Waals surface area contributed by atoms with Crippen molar-refractivity contribution in [2.45, 2.75) is 37.4 Å². The van der Waals surface area contributed by atoms with E-state index in [4.69, 9.17) is 5.73 Å². The molecule has 1 aromatic rings. The van der Waals surface area contributed by atoms with Crippen LogP contribution in [0, 0.1) is 11.6 Å². The molecule has 21 heavy (non-hydrogen) atoms. The first kappa shape index (κ1) is 14.9. The number of rotatable bonds is 3. The lowest BCUT2D eigenvalue weighted by Crippen LogP contribution is -2.41. The molecule has 0 aliphatic carbocycles. The smallest absolute Gasteiger partial charge is 0.130 e. The van der Waals surface area contributed by atoms with Crippen LogP contribution in [-0.2, 0) is 0 Å². The van der Waals surface area contributed by atoms with Gasteiger partial charge in [-0.25, -0.2) is 8.78 Å². The van der Waals surface area contributed by atoms with Crippen LogP contribution in [-0.4, -0.2) is 48.6 Å². The minimum absolute atomic E-state index is 0.168. The predicted octanol–water partition coefficient (Wildman–Crippen LogP) is 2.13. The second kappa shape index (κ2) is 5.99. The average Bonchev–Trinajstić information content (AvgIpc) is 2.68. The van der Waals surface area contributed by atoms with E-state index in [1.807, 2.05) is 0 Å². The van der Waals surface area contributed by atoms with Crippen molar-refractivity contribution in [2.24, 2.45) is 5.73 Å². The quantitative estimate of drug-likeness (QED) is 0.927. The van der Waals surface area contributed by atoms with Crippen LogP contribution in [0.3, 0.4) is 0 Å². The molecule has 5 heteroatoms. The highest BCUT2D eigenvalue weighted by molar-refractivity contribution is 5.23.